The molecular formula is C14H15N3O4. The molecule has 2 rings (SSSR count). The van der Waals surface area contributed by atoms with Gasteiger partial charge >= 0.3 is 0 Å². The van der Waals surface area contributed by atoms with Gasteiger partial charge in [0.15, 0.2) is 0 Å². The zero-order valence-corrected chi connectivity index (χ0v) is 11.4. The van der Waals surface area contributed by atoms with Gasteiger partial charge in [-0.3, -0.25) is 14.9 Å². The number of hydrogen-bond donors (Lipinski definition) is 2. The SMILES string of the molecule is CCn1cc([N+](=O)[O-])cc1C(=O)NCc1ccc(O)cc1. The summed E-state index contributed by atoms with van der Waals surface area (Å²) >= 11 is 0. The second-order valence-corrected chi connectivity index (χ2v) is 4.48. The van der Waals surface area contributed by atoms with Gasteiger partial charge < -0.3 is 15.0 Å². The fourth-order valence-electron chi connectivity index (χ4n) is 1.93. The molecule has 7 nitrogen and oxygen atoms in total. The van der Waals surface area contributed by atoms with Crippen molar-refractivity contribution in [1.29, 1.82) is 0 Å². The molecule has 0 saturated heterocycles. The first-order chi connectivity index (χ1) is 10.0. The molecule has 0 spiro atoms. The first-order valence-electron chi connectivity index (χ1n) is 6.42. The van der Waals surface area contributed by atoms with Gasteiger partial charge in [-0.05, 0) is 24.6 Å². The van der Waals surface area contributed by atoms with Crippen molar-refractivity contribution >= 4 is 11.6 Å². The third-order valence-corrected chi connectivity index (χ3v) is 3.06. The monoisotopic (exact) mass is 289 g/mol. The average Bonchev–Trinajstić information content (AvgIpc) is 2.91. The van der Waals surface area contributed by atoms with Crippen molar-refractivity contribution in [3.63, 3.8) is 0 Å². The molecule has 0 fully saturated rings. The summed E-state index contributed by atoms with van der Waals surface area (Å²) < 4.78 is 1.53. The van der Waals surface area contributed by atoms with Crippen molar-refractivity contribution in [2.75, 3.05) is 0 Å². The first-order valence-corrected chi connectivity index (χ1v) is 6.42. The highest BCUT2D eigenvalue weighted by Gasteiger charge is 2.18. The molecule has 1 heterocycles. The number of nitrogens with one attached hydrogen (secondary N) is 1. The lowest BCUT2D eigenvalue weighted by atomic mass is 10.2. The smallest absolute Gasteiger partial charge is 0.287 e. The Morgan fingerprint density at radius 1 is 1.38 bits per heavy atom. The van der Waals surface area contributed by atoms with Crippen LogP contribution in [0, 0.1) is 10.1 Å². The van der Waals surface area contributed by atoms with Crippen LogP contribution in [0.3, 0.4) is 0 Å². The molecule has 0 aliphatic rings. The van der Waals surface area contributed by atoms with Crippen LogP contribution < -0.4 is 5.32 Å². The molecule has 0 unspecified atom stereocenters. The van der Waals surface area contributed by atoms with Gasteiger partial charge in [-0.15, -0.1) is 0 Å². The summed E-state index contributed by atoms with van der Waals surface area (Å²) in [6.45, 7) is 2.55. The van der Waals surface area contributed by atoms with Gasteiger partial charge in [0.05, 0.1) is 11.1 Å². The standard InChI is InChI=1S/C14H15N3O4/c1-2-16-9-11(17(20)21)7-13(16)14(19)15-8-10-3-5-12(18)6-4-10/h3-7,9,18H,2,8H2,1H3,(H,15,19). The number of aromatic hydroxyl groups is 1. The largest absolute Gasteiger partial charge is 0.508 e. The highest BCUT2D eigenvalue weighted by atomic mass is 16.6. The number of carbonyl (C=O) groups excluding carboxylic acids is 1. The Morgan fingerprint density at radius 3 is 2.62 bits per heavy atom. The normalized spacial score (nSPS) is 10.3. The molecule has 1 amide bonds. The average molecular weight is 289 g/mol. The number of phenolic OH excluding ortho intramolecular Hbond substituents is 1. The number of aryl methyl sites for hydroxylation is 1. The van der Waals surface area contributed by atoms with Crippen LogP contribution in [0.15, 0.2) is 36.5 Å². The summed E-state index contributed by atoms with van der Waals surface area (Å²) in [6, 6.07) is 7.70. The number of benzene rings is 1. The summed E-state index contributed by atoms with van der Waals surface area (Å²) in [4.78, 5) is 22.3. The van der Waals surface area contributed by atoms with Crippen LogP contribution in [0.4, 0.5) is 5.69 Å². The highest BCUT2D eigenvalue weighted by molar-refractivity contribution is 5.93. The third-order valence-electron chi connectivity index (χ3n) is 3.06. The van der Waals surface area contributed by atoms with Crippen LogP contribution in [-0.2, 0) is 13.1 Å². The summed E-state index contributed by atoms with van der Waals surface area (Å²) in [5.74, 6) is -0.224. The molecule has 0 aliphatic heterocycles. The summed E-state index contributed by atoms with van der Waals surface area (Å²) in [6.07, 6.45) is 1.34. The predicted molar refractivity (Wildman–Crippen MR) is 76.0 cm³/mol. The lowest BCUT2D eigenvalue weighted by molar-refractivity contribution is -0.384. The zero-order valence-electron chi connectivity index (χ0n) is 11.4. The molecule has 0 radical (unpaired) electrons. The van der Waals surface area contributed by atoms with E-state index >= 15 is 0 Å². The molecular weight excluding hydrogens is 274 g/mol. The van der Waals surface area contributed by atoms with Crippen LogP contribution in [-0.4, -0.2) is 20.5 Å². The highest BCUT2D eigenvalue weighted by Crippen LogP contribution is 2.16. The summed E-state index contributed by atoms with van der Waals surface area (Å²) in [5, 5.41) is 22.6. The summed E-state index contributed by atoms with van der Waals surface area (Å²) in [7, 11) is 0. The second kappa shape index (κ2) is 6.08. The predicted octanol–water partition coefficient (Wildman–Crippen LogP) is 2.05. The van der Waals surface area contributed by atoms with E-state index in [1.165, 1.54) is 29.0 Å². The topological polar surface area (TPSA) is 97.4 Å². The zero-order chi connectivity index (χ0) is 15.4. The first kappa shape index (κ1) is 14.6. The van der Waals surface area contributed by atoms with E-state index in [2.05, 4.69) is 5.32 Å². The van der Waals surface area contributed by atoms with Crippen molar-refractivity contribution in [3.8, 4) is 5.75 Å². The van der Waals surface area contributed by atoms with Gasteiger partial charge in [0.25, 0.3) is 11.6 Å². The fourth-order valence-corrected chi connectivity index (χ4v) is 1.93. The number of rotatable bonds is 5. The van der Waals surface area contributed by atoms with Crippen molar-refractivity contribution in [1.82, 2.24) is 9.88 Å². The number of hydrogen-bond acceptors (Lipinski definition) is 4. The summed E-state index contributed by atoms with van der Waals surface area (Å²) in [5.41, 5.74) is 0.972. The molecule has 0 bridgehead atoms. The van der Waals surface area contributed by atoms with E-state index < -0.39 is 4.92 Å². The lowest BCUT2D eigenvalue weighted by Gasteiger charge is -2.07. The van der Waals surface area contributed by atoms with Crippen LogP contribution in [0.2, 0.25) is 0 Å². The van der Waals surface area contributed by atoms with Gasteiger partial charge in [-0.1, -0.05) is 12.1 Å². The van der Waals surface area contributed by atoms with E-state index in [0.29, 0.717) is 6.54 Å². The minimum atomic E-state index is -0.525. The second-order valence-electron chi connectivity index (χ2n) is 4.48. The number of phenols is 1. The van der Waals surface area contributed by atoms with Crippen LogP contribution >= 0.6 is 0 Å². The van der Waals surface area contributed by atoms with E-state index in [9.17, 15) is 20.0 Å². The molecule has 1 aromatic heterocycles. The molecule has 110 valence electrons. The van der Waals surface area contributed by atoms with E-state index in [1.54, 1.807) is 19.1 Å². The molecule has 2 aromatic rings. The maximum Gasteiger partial charge on any atom is 0.287 e. The minimum Gasteiger partial charge on any atom is -0.508 e. The van der Waals surface area contributed by atoms with Crippen LogP contribution in [0.5, 0.6) is 5.75 Å². The Kier molecular flexibility index (Phi) is 4.22. The maximum atomic E-state index is 12.1. The number of aromatic nitrogens is 1. The van der Waals surface area contributed by atoms with E-state index in [0.717, 1.165) is 5.56 Å². The number of nitro groups is 1. The van der Waals surface area contributed by atoms with Gasteiger partial charge in [-0.2, -0.15) is 0 Å². The number of carbonyl (C=O) groups is 1. The Balaban J connectivity index is 2.09. The van der Waals surface area contributed by atoms with Crippen molar-refractivity contribution < 1.29 is 14.8 Å². The van der Waals surface area contributed by atoms with Crippen molar-refractivity contribution in [2.24, 2.45) is 0 Å². The Bertz CT molecular complexity index is 661. The molecule has 0 saturated carbocycles. The van der Waals surface area contributed by atoms with Gasteiger partial charge in [0, 0.05) is 19.2 Å². The molecule has 2 N–H and O–H groups in total. The minimum absolute atomic E-state index is 0.105. The van der Waals surface area contributed by atoms with Crippen LogP contribution in [0.25, 0.3) is 0 Å². The number of amides is 1. The molecule has 1 aromatic carbocycles. The Labute approximate surface area is 121 Å². The molecule has 21 heavy (non-hydrogen) atoms. The molecule has 7 heteroatoms. The van der Waals surface area contributed by atoms with E-state index in [1.807, 2.05) is 0 Å². The fraction of sp³-hybridized carbons (Fsp3) is 0.214. The van der Waals surface area contributed by atoms with Gasteiger partial charge in [0.1, 0.15) is 11.4 Å². The Hall–Kier alpha value is -2.83. The maximum absolute atomic E-state index is 12.1. The lowest BCUT2D eigenvalue weighted by Crippen LogP contribution is -2.25. The van der Waals surface area contributed by atoms with E-state index in [-0.39, 0.29) is 29.6 Å². The number of nitrogens with zero attached hydrogens (tertiary/aromatic N) is 2. The molecule has 0 atom stereocenters. The van der Waals surface area contributed by atoms with Crippen LogP contribution in [0.1, 0.15) is 23.0 Å². The molecule has 0 aliphatic carbocycles. The van der Waals surface area contributed by atoms with Crippen molar-refractivity contribution in [3.05, 3.63) is 57.9 Å². The van der Waals surface area contributed by atoms with Gasteiger partial charge in [-0.25, -0.2) is 0 Å². The Morgan fingerprint density at radius 2 is 2.05 bits per heavy atom. The third kappa shape index (κ3) is 3.38. The quantitative estimate of drug-likeness (QED) is 0.650. The van der Waals surface area contributed by atoms with E-state index in [4.69, 9.17) is 0 Å². The van der Waals surface area contributed by atoms with Crippen molar-refractivity contribution in [2.45, 2.75) is 20.0 Å². The van der Waals surface area contributed by atoms with Gasteiger partial charge in [0.2, 0.25) is 0 Å².